The molecule has 0 aromatic heterocycles. The fourth-order valence-electron chi connectivity index (χ4n) is 2.40. The Hall–Kier alpha value is -0.340. The van der Waals surface area contributed by atoms with Crippen molar-refractivity contribution in [1.82, 2.24) is 0 Å². The van der Waals surface area contributed by atoms with Crippen molar-refractivity contribution < 1.29 is 9.47 Å². The second-order valence-electron chi connectivity index (χ2n) is 5.26. The van der Waals surface area contributed by atoms with E-state index >= 15 is 0 Å². The van der Waals surface area contributed by atoms with Gasteiger partial charge in [0, 0.05) is 5.41 Å². The molecule has 0 radical (unpaired) electrons. The summed E-state index contributed by atoms with van der Waals surface area (Å²) in [6.07, 6.45) is 4.74. The van der Waals surface area contributed by atoms with E-state index in [1.54, 1.807) is 0 Å². The Balaban J connectivity index is 2.01. The lowest BCUT2D eigenvalue weighted by atomic mass is 9.73. The molecule has 0 unspecified atom stereocenters. The zero-order chi connectivity index (χ0) is 10.2. The van der Waals surface area contributed by atoms with Crippen LogP contribution in [-0.4, -0.2) is 19.0 Å². The lowest BCUT2D eigenvalue weighted by molar-refractivity contribution is -0.287. The van der Waals surface area contributed by atoms with Crippen LogP contribution in [0.1, 0.15) is 39.5 Å². The number of rotatable bonds is 0. The summed E-state index contributed by atoms with van der Waals surface area (Å²) in [5.74, 6) is -0.385. The van der Waals surface area contributed by atoms with Gasteiger partial charge in [0.15, 0.2) is 5.79 Å². The Morgan fingerprint density at radius 3 is 2.43 bits per heavy atom. The van der Waals surface area contributed by atoms with E-state index in [1.807, 2.05) is 13.8 Å². The molecule has 1 spiro atoms. The second kappa shape index (κ2) is 3.35. The molecule has 0 atom stereocenters. The fraction of sp³-hybridized carbons (Fsp3) is 0.833. The van der Waals surface area contributed by atoms with Gasteiger partial charge in [-0.3, -0.25) is 0 Å². The third kappa shape index (κ3) is 2.01. The van der Waals surface area contributed by atoms with Crippen LogP contribution in [0.2, 0.25) is 0 Å². The van der Waals surface area contributed by atoms with Gasteiger partial charge in [-0.1, -0.05) is 12.2 Å². The van der Waals surface area contributed by atoms with Gasteiger partial charge in [-0.05, 0) is 39.5 Å². The van der Waals surface area contributed by atoms with E-state index in [4.69, 9.17) is 9.47 Å². The predicted molar refractivity (Wildman–Crippen MR) is 56.0 cm³/mol. The highest BCUT2D eigenvalue weighted by atomic mass is 16.7. The summed E-state index contributed by atoms with van der Waals surface area (Å²) in [7, 11) is 0. The Morgan fingerprint density at radius 2 is 1.86 bits per heavy atom. The van der Waals surface area contributed by atoms with Gasteiger partial charge in [0.05, 0.1) is 13.2 Å². The fourth-order valence-corrected chi connectivity index (χ4v) is 2.40. The molecule has 2 nitrogen and oxygen atoms in total. The van der Waals surface area contributed by atoms with Crippen molar-refractivity contribution >= 4 is 0 Å². The van der Waals surface area contributed by atoms with E-state index in [-0.39, 0.29) is 11.2 Å². The molecular formula is C12H20O2. The van der Waals surface area contributed by atoms with E-state index in [0.717, 1.165) is 19.6 Å². The number of allylic oxidation sites excluding steroid dienone is 1. The van der Waals surface area contributed by atoms with Crippen LogP contribution in [-0.2, 0) is 9.47 Å². The van der Waals surface area contributed by atoms with Gasteiger partial charge in [-0.2, -0.15) is 0 Å². The minimum atomic E-state index is -0.385. The standard InChI is InChI=1S/C12H20O2/c1-10-5-4-6-12(7-10)8-13-11(2,3)14-9-12/h1,4-9H2,2-3H3. The lowest BCUT2D eigenvalue weighted by Gasteiger charge is -2.45. The summed E-state index contributed by atoms with van der Waals surface area (Å²) in [4.78, 5) is 0. The lowest BCUT2D eigenvalue weighted by Crippen LogP contribution is -2.47. The summed E-state index contributed by atoms with van der Waals surface area (Å²) >= 11 is 0. The van der Waals surface area contributed by atoms with E-state index in [9.17, 15) is 0 Å². The summed E-state index contributed by atoms with van der Waals surface area (Å²) in [5.41, 5.74) is 1.60. The highest BCUT2D eigenvalue weighted by Gasteiger charge is 2.41. The second-order valence-corrected chi connectivity index (χ2v) is 5.26. The van der Waals surface area contributed by atoms with Gasteiger partial charge in [-0.25, -0.2) is 0 Å². The molecule has 1 saturated heterocycles. The molecule has 14 heavy (non-hydrogen) atoms. The molecule has 2 heteroatoms. The Kier molecular flexibility index (Phi) is 2.44. The monoisotopic (exact) mass is 196 g/mol. The quantitative estimate of drug-likeness (QED) is 0.555. The largest absolute Gasteiger partial charge is 0.350 e. The van der Waals surface area contributed by atoms with E-state index in [1.165, 1.54) is 24.8 Å². The SMILES string of the molecule is C=C1CCCC2(COC(C)(C)OC2)C1. The van der Waals surface area contributed by atoms with E-state index in [0.29, 0.717) is 0 Å². The highest BCUT2D eigenvalue weighted by molar-refractivity contribution is 5.05. The third-order valence-corrected chi connectivity index (χ3v) is 3.31. The molecule has 0 amide bonds. The van der Waals surface area contributed by atoms with Gasteiger partial charge in [-0.15, -0.1) is 0 Å². The Morgan fingerprint density at radius 1 is 1.21 bits per heavy atom. The Labute approximate surface area is 86.3 Å². The first-order valence-corrected chi connectivity index (χ1v) is 5.46. The van der Waals surface area contributed by atoms with Crippen LogP contribution in [0.25, 0.3) is 0 Å². The van der Waals surface area contributed by atoms with Crippen molar-refractivity contribution in [3.63, 3.8) is 0 Å². The van der Waals surface area contributed by atoms with Gasteiger partial charge in [0.25, 0.3) is 0 Å². The van der Waals surface area contributed by atoms with Crippen molar-refractivity contribution in [1.29, 1.82) is 0 Å². The maximum Gasteiger partial charge on any atom is 0.162 e. The molecule has 2 aliphatic rings. The van der Waals surface area contributed by atoms with E-state index < -0.39 is 0 Å². The van der Waals surface area contributed by atoms with Gasteiger partial charge < -0.3 is 9.47 Å². The zero-order valence-corrected chi connectivity index (χ0v) is 9.27. The zero-order valence-electron chi connectivity index (χ0n) is 9.27. The first-order valence-electron chi connectivity index (χ1n) is 5.46. The van der Waals surface area contributed by atoms with Crippen LogP contribution in [0.5, 0.6) is 0 Å². The average molecular weight is 196 g/mol. The van der Waals surface area contributed by atoms with Gasteiger partial charge in [0.1, 0.15) is 0 Å². The van der Waals surface area contributed by atoms with Crippen LogP contribution in [0.15, 0.2) is 12.2 Å². The number of hydrogen-bond acceptors (Lipinski definition) is 2. The Bertz CT molecular complexity index is 233. The molecule has 2 fully saturated rings. The van der Waals surface area contributed by atoms with Crippen LogP contribution < -0.4 is 0 Å². The van der Waals surface area contributed by atoms with Crippen molar-refractivity contribution in [2.75, 3.05) is 13.2 Å². The number of ether oxygens (including phenoxy) is 2. The molecule has 0 aromatic rings. The first-order chi connectivity index (χ1) is 6.52. The van der Waals surface area contributed by atoms with Crippen molar-refractivity contribution in [3.8, 4) is 0 Å². The summed E-state index contributed by atoms with van der Waals surface area (Å²) in [5, 5.41) is 0. The van der Waals surface area contributed by atoms with Crippen molar-refractivity contribution in [3.05, 3.63) is 12.2 Å². The molecule has 0 N–H and O–H groups in total. The molecule has 0 aromatic carbocycles. The van der Waals surface area contributed by atoms with Crippen LogP contribution in [0, 0.1) is 5.41 Å². The van der Waals surface area contributed by atoms with Crippen LogP contribution >= 0.6 is 0 Å². The minimum absolute atomic E-state index is 0.241. The third-order valence-electron chi connectivity index (χ3n) is 3.31. The van der Waals surface area contributed by atoms with E-state index in [2.05, 4.69) is 6.58 Å². The molecule has 80 valence electrons. The predicted octanol–water partition coefficient (Wildman–Crippen LogP) is 2.89. The summed E-state index contributed by atoms with van der Waals surface area (Å²) in [6.45, 7) is 9.72. The summed E-state index contributed by atoms with van der Waals surface area (Å²) in [6, 6.07) is 0. The number of hydrogen-bond donors (Lipinski definition) is 0. The van der Waals surface area contributed by atoms with Crippen molar-refractivity contribution in [2.45, 2.75) is 45.3 Å². The molecule has 1 saturated carbocycles. The smallest absolute Gasteiger partial charge is 0.162 e. The normalized spacial score (nSPS) is 30.6. The van der Waals surface area contributed by atoms with Crippen molar-refractivity contribution in [2.24, 2.45) is 5.41 Å². The molecular weight excluding hydrogens is 176 g/mol. The molecule has 1 aliphatic carbocycles. The highest BCUT2D eigenvalue weighted by Crippen LogP contribution is 2.42. The van der Waals surface area contributed by atoms with Gasteiger partial charge >= 0.3 is 0 Å². The molecule has 1 heterocycles. The summed E-state index contributed by atoms with van der Waals surface area (Å²) < 4.78 is 11.5. The van der Waals surface area contributed by atoms with Crippen LogP contribution in [0.3, 0.4) is 0 Å². The van der Waals surface area contributed by atoms with Crippen LogP contribution in [0.4, 0.5) is 0 Å². The maximum absolute atomic E-state index is 5.74. The average Bonchev–Trinajstić information content (AvgIpc) is 2.12. The van der Waals surface area contributed by atoms with Gasteiger partial charge in [0.2, 0.25) is 0 Å². The topological polar surface area (TPSA) is 18.5 Å². The maximum atomic E-state index is 5.74. The molecule has 1 aliphatic heterocycles. The molecule has 0 bridgehead atoms. The molecule has 2 rings (SSSR count). The first kappa shape index (κ1) is 10.2. The minimum Gasteiger partial charge on any atom is -0.350 e.